The molecule has 0 rings (SSSR count). The van der Waals surface area contributed by atoms with Gasteiger partial charge in [0.25, 0.3) is 5.79 Å². The molecular formula is C10H14O4. The van der Waals surface area contributed by atoms with E-state index in [9.17, 15) is 9.59 Å². The van der Waals surface area contributed by atoms with E-state index in [1.54, 1.807) is 0 Å². The van der Waals surface area contributed by atoms with Crippen LogP contribution in [0.2, 0.25) is 0 Å². The molecule has 0 radical (unpaired) electrons. The summed E-state index contributed by atoms with van der Waals surface area (Å²) in [6.45, 7) is 11.0. The molecular weight excluding hydrogens is 184 g/mol. The Kier molecular flexibility index (Phi) is 4.08. The lowest BCUT2D eigenvalue weighted by Gasteiger charge is -2.24. The molecule has 0 saturated heterocycles. The van der Waals surface area contributed by atoms with Crippen LogP contribution in [0.4, 0.5) is 0 Å². The van der Waals surface area contributed by atoms with Gasteiger partial charge in [-0.25, -0.2) is 9.59 Å². The fourth-order valence-corrected chi connectivity index (χ4v) is 0.615. The average molecular weight is 198 g/mol. The first-order valence-electron chi connectivity index (χ1n) is 4.03. The van der Waals surface area contributed by atoms with Crippen molar-refractivity contribution in [1.29, 1.82) is 0 Å². The molecule has 0 N–H and O–H groups in total. The molecule has 0 aliphatic rings. The summed E-state index contributed by atoms with van der Waals surface area (Å²) in [5, 5.41) is 0. The molecule has 0 fully saturated rings. The van der Waals surface area contributed by atoms with Gasteiger partial charge in [0.15, 0.2) is 0 Å². The highest BCUT2D eigenvalue weighted by atomic mass is 16.7. The first-order chi connectivity index (χ1) is 6.28. The van der Waals surface area contributed by atoms with Crippen molar-refractivity contribution in [1.82, 2.24) is 0 Å². The zero-order chi connectivity index (χ0) is 11.4. The Balaban J connectivity index is 4.33. The van der Waals surface area contributed by atoms with Crippen LogP contribution in [0.5, 0.6) is 0 Å². The fourth-order valence-electron chi connectivity index (χ4n) is 0.615. The first-order valence-corrected chi connectivity index (χ1v) is 4.03. The number of hydrogen-bond donors (Lipinski definition) is 0. The second kappa shape index (κ2) is 4.60. The zero-order valence-electron chi connectivity index (χ0n) is 8.62. The Bertz CT molecular complexity index is 276. The monoisotopic (exact) mass is 198 g/mol. The third-order valence-corrected chi connectivity index (χ3v) is 1.20. The molecule has 0 aromatic heterocycles. The smallest absolute Gasteiger partial charge is 0.336 e. The highest BCUT2D eigenvalue weighted by Gasteiger charge is 2.26. The molecule has 0 saturated carbocycles. The average Bonchev–Trinajstić information content (AvgIpc) is 2.02. The summed E-state index contributed by atoms with van der Waals surface area (Å²) < 4.78 is 9.61. The summed E-state index contributed by atoms with van der Waals surface area (Å²) in [5.41, 5.74) is 0.243. The Morgan fingerprint density at radius 3 is 2.14 bits per heavy atom. The highest BCUT2D eigenvalue weighted by Crippen LogP contribution is 2.13. The molecule has 0 heterocycles. The van der Waals surface area contributed by atoms with Crippen LogP contribution in [-0.4, -0.2) is 17.7 Å². The van der Waals surface area contributed by atoms with Gasteiger partial charge < -0.3 is 9.47 Å². The van der Waals surface area contributed by atoms with E-state index in [1.165, 1.54) is 20.8 Å². The molecule has 14 heavy (non-hydrogen) atoms. The van der Waals surface area contributed by atoms with Gasteiger partial charge in [-0.05, 0) is 6.92 Å². The topological polar surface area (TPSA) is 52.6 Å². The molecule has 0 aliphatic carbocycles. The summed E-state index contributed by atoms with van der Waals surface area (Å²) in [4.78, 5) is 21.9. The van der Waals surface area contributed by atoms with E-state index >= 15 is 0 Å². The summed E-state index contributed by atoms with van der Waals surface area (Å²) in [7, 11) is 0. The Hall–Kier alpha value is -1.58. The van der Waals surface area contributed by atoms with Gasteiger partial charge in [0.05, 0.1) is 0 Å². The Morgan fingerprint density at radius 2 is 1.79 bits per heavy atom. The van der Waals surface area contributed by atoms with Crippen LogP contribution in [0.3, 0.4) is 0 Å². The van der Waals surface area contributed by atoms with Gasteiger partial charge in [-0.15, -0.1) is 0 Å². The number of ether oxygens (including phenoxy) is 2. The highest BCUT2D eigenvalue weighted by molar-refractivity contribution is 5.87. The summed E-state index contributed by atoms with van der Waals surface area (Å²) in [6, 6.07) is 0. The number of hydrogen-bond acceptors (Lipinski definition) is 4. The maximum absolute atomic E-state index is 11.1. The van der Waals surface area contributed by atoms with Gasteiger partial charge in [-0.3, -0.25) is 0 Å². The summed E-state index contributed by atoms with van der Waals surface area (Å²) >= 11 is 0. The van der Waals surface area contributed by atoms with E-state index in [0.29, 0.717) is 0 Å². The minimum absolute atomic E-state index is 0.243. The number of esters is 2. The van der Waals surface area contributed by atoms with Crippen molar-refractivity contribution in [3.05, 3.63) is 24.8 Å². The minimum atomic E-state index is -1.30. The van der Waals surface area contributed by atoms with Crippen molar-refractivity contribution in [2.75, 3.05) is 0 Å². The lowest BCUT2D eigenvalue weighted by Crippen LogP contribution is -2.33. The lowest BCUT2D eigenvalue weighted by molar-refractivity contribution is -0.209. The van der Waals surface area contributed by atoms with E-state index in [2.05, 4.69) is 13.2 Å². The second-order valence-corrected chi connectivity index (χ2v) is 3.19. The molecule has 0 aliphatic heterocycles. The first kappa shape index (κ1) is 12.4. The normalized spacial score (nSPS) is 10.2. The Morgan fingerprint density at radius 1 is 1.29 bits per heavy atom. The fraction of sp³-hybridized carbons (Fsp3) is 0.400. The van der Waals surface area contributed by atoms with Crippen molar-refractivity contribution in [2.45, 2.75) is 26.6 Å². The van der Waals surface area contributed by atoms with Gasteiger partial charge in [-0.1, -0.05) is 13.2 Å². The maximum atomic E-state index is 11.1. The lowest BCUT2D eigenvalue weighted by atomic mass is 10.3. The van der Waals surface area contributed by atoms with Crippen molar-refractivity contribution in [3.63, 3.8) is 0 Å². The van der Waals surface area contributed by atoms with Crippen LogP contribution in [0.1, 0.15) is 20.8 Å². The minimum Gasteiger partial charge on any atom is -0.420 e. The third kappa shape index (κ3) is 4.45. The van der Waals surface area contributed by atoms with Crippen LogP contribution in [0.15, 0.2) is 24.8 Å². The standard InChI is InChI=1S/C10H14O4/c1-6-8(11)13-10(4,5)14-9(12)7(2)3/h6H,1-2H2,3-5H3. The largest absolute Gasteiger partial charge is 0.420 e. The molecule has 4 heteroatoms. The van der Waals surface area contributed by atoms with E-state index in [1.807, 2.05) is 0 Å². The van der Waals surface area contributed by atoms with Gasteiger partial charge in [-0.2, -0.15) is 0 Å². The molecule has 0 spiro atoms. The van der Waals surface area contributed by atoms with Crippen LogP contribution < -0.4 is 0 Å². The molecule has 0 atom stereocenters. The molecule has 0 unspecified atom stereocenters. The van der Waals surface area contributed by atoms with Gasteiger partial charge >= 0.3 is 11.9 Å². The predicted molar refractivity (Wildman–Crippen MR) is 51.3 cm³/mol. The molecule has 0 bridgehead atoms. The van der Waals surface area contributed by atoms with Crippen LogP contribution in [0.25, 0.3) is 0 Å². The maximum Gasteiger partial charge on any atom is 0.336 e. The van der Waals surface area contributed by atoms with E-state index < -0.39 is 17.7 Å². The van der Waals surface area contributed by atoms with Gasteiger partial charge in [0, 0.05) is 25.5 Å². The van der Waals surface area contributed by atoms with Crippen molar-refractivity contribution in [2.24, 2.45) is 0 Å². The zero-order valence-corrected chi connectivity index (χ0v) is 8.62. The van der Waals surface area contributed by atoms with E-state index in [-0.39, 0.29) is 5.57 Å². The van der Waals surface area contributed by atoms with Crippen LogP contribution in [-0.2, 0) is 19.1 Å². The van der Waals surface area contributed by atoms with Crippen LogP contribution >= 0.6 is 0 Å². The third-order valence-electron chi connectivity index (χ3n) is 1.20. The molecule has 4 nitrogen and oxygen atoms in total. The predicted octanol–water partition coefficient (Wildman–Crippen LogP) is 1.57. The van der Waals surface area contributed by atoms with E-state index in [4.69, 9.17) is 9.47 Å². The molecule has 0 amide bonds. The van der Waals surface area contributed by atoms with Crippen molar-refractivity contribution < 1.29 is 19.1 Å². The summed E-state index contributed by atoms with van der Waals surface area (Å²) in [5.74, 6) is -2.56. The molecule has 78 valence electrons. The SMILES string of the molecule is C=CC(=O)OC(C)(C)OC(=O)C(=C)C. The number of carbonyl (C=O) groups is 2. The second-order valence-electron chi connectivity index (χ2n) is 3.19. The molecule has 0 aromatic rings. The van der Waals surface area contributed by atoms with Crippen LogP contribution in [0, 0.1) is 0 Å². The van der Waals surface area contributed by atoms with Gasteiger partial charge in [0.2, 0.25) is 0 Å². The Labute approximate surface area is 83.2 Å². The number of rotatable bonds is 4. The quantitative estimate of drug-likeness (QED) is 0.391. The number of carbonyl (C=O) groups excluding carboxylic acids is 2. The van der Waals surface area contributed by atoms with Crippen molar-refractivity contribution in [3.8, 4) is 0 Å². The summed E-state index contributed by atoms with van der Waals surface area (Å²) in [6.07, 6.45) is 0.996. The van der Waals surface area contributed by atoms with E-state index in [0.717, 1.165) is 6.08 Å². The van der Waals surface area contributed by atoms with Gasteiger partial charge in [0.1, 0.15) is 0 Å². The molecule has 0 aromatic carbocycles. The van der Waals surface area contributed by atoms with Crippen molar-refractivity contribution >= 4 is 11.9 Å².